The lowest BCUT2D eigenvalue weighted by atomic mass is 10.3. The zero-order valence-electron chi connectivity index (χ0n) is 12.9. The quantitative estimate of drug-likeness (QED) is 0.482. The van der Waals surface area contributed by atoms with Crippen LogP contribution in [0.15, 0.2) is 33.9 Å². The Bertz CT molecular complexity index is 986. The van der Waals surface area contributed by atoms with Crippen molar-refractivity contribution in [3.63, 3.8) is 0 Å². The fourth-order valence-corrected chi connectivity index (χ4v) is 2.47. The monoisotopic (exact) mass is 511 g/mol. The predicted molar refractivity (Wildman–Crippen MR) is 104 cm³/mol. The second kappa shape index (κ2) is 7.88. The Morgan fingerprint density at radius 1 is 0.857 bits per heavy atom. The van der Waals surface area contributed by atoms with Crippen LogP contribution in [0, 0.1) is 5.21 Å². The number of halogens is 6. The van der Waals surface area contributed by atoms with E-state index in [0.717, 1.165) is 24.3 Å². The van der Waals surface area contributed by atoms with E-state index >= 15 is 0 Å². The summed E-state index contributed by atoms with van der Waals surface area (Å²) >= 11 is 32.8. The average molecular weight is 514 g/mol. The Balaban J connectivity index is 2.85. The Kier molecular flexibility index (Phi) is 6.49. The fourth-order valence-electron chi connectivity index (χ4n) is 1.99. The van der Waals surface area contributed by atoms with E-state index < -0.39 is 36.0 Å². The average Bonchev–Trinajstić information content (AvgIpc) is 2.82. The maximum absolute atomic E-state index is 12.7. The predicted octanol–water partition coefficient (Wildman–Crippen LogP) is 2.51. The molecule has 28 heavy (non-hydrogen) atoms. The number of carbonyl (C=O) groups is 2. The third-order valence-corrected chi connectivity index (χ3v) is 4.11. The van der Waals surface area contributed by atoms with Crippen molar-refractivity contribution in [1.82, 2.24) is 13.9 Å². The van der Waals surface area contributed by atoms with Gasteiger partial charge >= 0.3 is 23.2 Å². The number of aromatic nitrogens is 3. The Labute approximate surface area is 184 Å². The van der Waals surface area contributed by atoms with Crippen LogP contribution in [0.3, 0.4) is 0 Å². The highest BCUT2D eigenvalue weighted by atomic mass is 35.6. The normalized spacial score (nSPS) is 12.1. The molecule has 2 aromatic rings. The first-order valence-electron chi connectivity index (χ1n) is 6.64. The molecule has 0 amide bonds. The Morgan fingerprint density at radius 3 is 1.50 bits per heavy atom. The summed E-state index contributed by atoms with van der Waals surface area (Å²) in [6.07, 6.45) is 0. The maximum Gasteiger partial charge on any atom is 0.359 e. The summed E-state index contributed by atoms with van der Waals surface area (Å²) in [7, 11) is 0. The van der Waals surface area contributed by atoms with Gasteiger partial charge in [-0.25, -0.2) is 14.2 Å². The molecule has 0 saturated carbocycles. The SMILES string of the molecule is O=C(n1c(=O)n(-c2ccc(N([O-])O)cc2)c(=O)n1C(=O)C(Cl)(Cl)Cl)C(Cl)(Cl)Cl. The molecule has 0 bridgehead atoms. The summed E-state index contributed by atoms with van der Waals surface area (Å²) in [5, 5.41) is 19.2. The molecule has 1 aromatic heterocycles. The van der Waals surface area contributed by atoms with Crippen LogP contribution in [-0.4, -0.2) is 38.5 Å². The summed E-state index contributed by atoms with van der Waals surface area (Å²) in [5.74, 6) is -3.20. The number of hydrogen-bond acceptors (Lipinski definition) is 7. The van der Waals surface area contributed by atoms with E-state index in [0.29, 0.717) is 4.57 Å². The molecule has 0 saturated heterocycles. The van der Waals surface area contributed by atoms with Crippen LogP contribution in [0.1, 0.15) is 9.59 Å². The molecule has 1 heterocycles. The summed E-state index contributed by atoms with van der Waals surface area (Å²) in [4.78, 5) is 49.9. The van der Waals surface area contributed by atoms with Gasteiger partial charge in [0.05, 0.1) is 11.4 Å². The second-order valence-corrected chi connectivity index (χ2v) is 9.48. The number of alkyl halides is 6. The summed E-state index contributed by atoms with van der Waals surface area (Å²) in [5.41, 5.74) is -3.33. The standard InChI is InChI=1S/C12H5Cl6N4O6/c13-11(14,15)7(23)20-9(25)19(5-1-3-6(4-2-5)22(27)28)10(26)21(20)8(24)12(16,17)18/h1-4,27H/q-1. The first kappa shape index (κ1) is 23.0. The minimum atomic E-state index is -2.75. The molecule has 0 aliphatic carbocycles. The van der Waals surface area contributed by atoms with Crippen LogP contribution < -0.4 is 16.6 Å². The molecule has 16 heteroatoms. The van der Waals surface area contributed by atoms with Gasteiger partial charge in [0, 0.05) is 0 Å². The van der Waals surface area contributed by atoms with E-state index in [1.54, 1.807) is 0 Å². The van der Waals surface area contributed by atoms with Crippen molar-refractivity contribution in [2.75, 3.05) is 5.23 Å². The molecule has 10 nitrogen and oxygen atoms in total. The smallest absolute Gasteiger partial charge is 0.359 e. The zero-order chi connectivity index (χ0) is 21.6. The second-order valence-electron chi connectivity index (χ2n) is 4.92. The van der Waals surface area contributed by atoms with Crippen molar-refractivity contribution in [2.24, 2.45) is 0 Å². The van der Waals surface area contributed by atoms with Gasteiger partial charge < -0.3 is 10.4 Å². The molecule has 0 fully saturated rings. The van der Waals surface area contributed by atoms with E-state index in [1.807, 2.05) is 0 Å². The largest absolute Gasteiger partial charge is 0.733 e. The van der Waals surface area contributed by atoms with Gasteiger partial charge in [0.1, 0.15) is 0 Å². The third-order valence-electron chi connectivity index (χ3n) is 3.14. The number of rotatable bonds is 2. The molecular weight excluding hydrogens is 509 g/mol. The summed E-state index contributed by atoms with van der Waals surface area (Å²) < 4.78 is -5.37. The fraction of sp³-hybridized carbons (Fsp3) is 0.167. The van der Waals surface area contributed by atoms with Crippen molar-refractivity contribution in [2.45, 2.75) is 7.59 Å². The van der Waals surface area contributed by atoms with Crippen LogP contribution in [0.5, 0.6) is 0 Å². The van der Waals surface area contributed by atoms with E-state index in [1.165, 1.54) is 0 Å². The number of carbonyl (C=O) groups excluding carboxylic acids is 2. The minimum Gasteiger partial charge on any atom is -0.733 e. The van der Waals surface area contributed by atoms with Crippen LogP contribution in [0.25, 0.3) is 5.69 Å². The van der Waals surface area contributed by atoms with E-state index in [4.69, 9.17) is 74.8 Å². The van der Waals surface area contributed by atoms with Crippen molar-refractivity contribution >= 4 is 87.1 Å². The van der Waals surface area contributed by atoms with Crippen LogP contribution >= 0.6 is 69.6 Å². The maximum atomic E-state index is 12.7. The molecule has 0 unspecified atom stereocenters. The number of benzene rings is 1. The van der Waals surface area contributed by atoms with Gasteiger partial charge in [-0.3, -0.25) is 14.8 Å². The summed E-state index contributed by atoms with van der Waals surface area (Å²) in [6, 6.07) is 4.16. The van der Waals surface area contributed by atoms with Gasteiger partial charge in [-0.15, -0.1) is 0 Å². The number of hydrogen-bond donors (Lipinski definition) is 1. The van der Waals surface area contributed by atoms with Crippen molar-refractivity contribution < 1.29 is 14.8 Å². The molecule has 0 radical (unpaired) electrons. The highest BCUT2D eigenvalue weighted by Crippen LogP contribution is 2.30. The molecule has 0 aliphatic rings. The zero-order valence-corrected chi connectivity index (χ0v) is 17.4. The molecule has 1 N–H and O–H groups in total. The van der Waals surface area contributed by atoms with Crippen LogP contribution in [-0.2, 0) is 0 Å². The van der Waals surface area contributed by atoms with Gasteiger partial charge in [0.2, 0.25) is 0 Å². The molecular formula is C12H5Cl6N4O6-. The first-order valence-corrected chi connectivity index (χ1v) is 8.91. The van der Waals surface area contributed by atoms with E-state index in [2.05, 4.69) is 0 Å². The highest BCUT2D eigenvalue weighted by Gasteiger charge is 2.42. The van der Waals surface area contributed by atoms with Crippen molar-refractivity contribution in [1.29, 1.82) is 0 Å². The number of nitrogens with zero attached hydrogens (tertiary/aromatic N) is 4. The summed E-state index contributed by atoms with van der Waals surface area (Å²) in [6.45, 7) is 0. The van der Waals surface area contributed by atoms with Crippen molar-refractivity contribution in [3.8, 4) is 5.69 Å². The molecule has 0 aliphatic heterocycles. The van der Waals surface area contributed by atoms with Gasteiger partial charge in [0.25, 0.3) is 7.59 Å². The van der Waals surface area contributed by atoms with Gasteiger partial charge in [-0.1, -0.05) is 69.6 Å². The topological polar surface area (TPSA) is 130 Å². The molecule has 0 spiro atoms. The van der Waals surface area contributed by atoms with Crippen molar-refractivity contribution in [3.05, 3.63) is 50.4 Å². The first-order chi connectivity index (χ1) is 12.7. The lowest BCUT2D eigenvalue weighted by molar-refractivity contribution is 0.0793. The number of anilines is 1. The highest BCUT2D eigenvalue weighted by molar-refractivity contribution is 6.77. The molecule has 0 atom stereocenters. The molecule has 2 rings (SSSR count). The Hall–Kier alpha value is -1.24. The van der Waals surface area contributed by atoms with Crippen LogP contribution in [0.2, 0.25) is 0 Å². The van der Waals surface area contributed by atoms with E-state index in [9.17, 15) is 24.4 Å². The van der Waals surface area contributed by atoms with Gasteiger partial charge in [0.15, 0.2) is 0 Å². The Morgan fingerprint density at radius 2 is 1.21 bits per heavy atom. The van der Waals surface area contributed by atoms with E-state index in [-0.39, 0.29) is 20.7 Å². The third kappa shape index (κ3) is 4.34. The lowest BCUT2D eigenvalue weighted by Crippen LogP contribution is -2.44. The molecule has 1 aromatic carbocycles. The van der Waals surface area contributed by atoms with Crippen LogP contribution in [0.4, 0.5) is 5.69 Å². The lowest BCUT2D eigenvalue weighted by Gasteiger charge is -2.21. The van der Waals surface area contributed by atoms with Gasteiger partial charge in [-0.2, -0.15) is 9.36 Å². The minimum absolute atomic E-state index is 0.0978. The van der Waals surface area contributed by atoms with Gasteiger partial charge in [-0.05, 0) is 24.3 Å². The molecule has 152 valence electrons.